The van der Waals surface area contributed by atoms with Crippen LogP contribution in [-0.2, 0) is 9.59 Å². The molecule has 1 unspecified atom stereocenters. The maximum Gasteiger partial charge on any atom is 0.228 e. The molecule has 106 valence electrons. The first kappa shape index (κ1) is 13.1. The van der Waals surface area contributed by atoms with Crippen molar-refractivity contribution in [1.82, 2.24) is 10.2 Å². The molecule has 1 aromatic carbocycles. The molecule has 0 radical (unpaired) electrons. The zero-order valence-electron chi connectivity index (χ0n) is 11.4. The molecule has 2 aliphatic heterocycles. The summed E-state index contributed by atoms with van der Waals surface area (Å²) in [6, 6.07) is 9.57. The highest BCUT2D eigenvalue weighted by molar-refractivity contribution is 6.00. The second-order valence-electron chi connectivity index (χ2n) is 5.32. The van der Waals surface area contributed by atoms with E-state index in [-0.39, 0.29) is 17.7 Å². The average molecular weight is 273 g/mol. The van der Waals surface area contributed by atoms with Crippen molar-refractivity contribution < 1.29 is 9.59 Å². The number of carbonyl (C=O) groups excluding carboxylic acids is 2. The van der Waals surface area contributed by atoms with Gasteiger partial charge in [-0.25, -0.2) is 0 Å². The molecule has 2 aliphatic rings. The second-order valence-corrected chi connectivity index (χ2v) is 5.32. The molecule has 5 heteroatoms. The molecule has 1 atom stereocenters. The Balaban J connectivity index is 1.68. The van der Waals surface area contributed by atoms with E-state index in [0.717, 1.165) is 31.9 Å². The molecule has 2 saturated heterocycles. The Kier molecular flexibility index (Phi) is 3.69. The third-order valence-electron chi connectivity index (χ3n) is 3.97. The third-order valence-corrected chi connectivity index (χ3v) is 3.97. The molecule has 2 amide bonds. The maximum absolute atomic E-state index is 12.4. The van der Waals surface area contributed by atoms with Crippen LogP contribution in [0.4, 0.5) is 5.69 Å². The minimum absolute atomic E-state index is 0.0460. The first-order chi connectivity index (χ1) is 9.75. The molecule has 0 saturated carbocycles. The fourth-order valence-corrected chi connectivity index (χ4v) is 2.87. The maximum atomic E-state index is 12.4. The molecule has 2 heterocycles. The minimum atomic E-state index is -0.194. The lowest BCUT2D eigenvalue weighted by atomic mass is 10.1. The molecule has 1 aromatic rings. The molecular weight excluding hydrogens is 254 g/mol. The monoisotopic (exact) mass is 273 g/mol. The van der Waals surface area contributed by atoms with Gasteiger partial charge < -0.3 is 15.1 Å². The van der Waals surface area contributed by atoms with Gasteiger partial charge in [0.15, 0.2) is 0 Å². The van der Waals surface area contributed by atoms with Crippen molar-refractivity contribution in [2.45, 2.75) is 6.42 Å². The van der Waals surface area contributed by atoms with Gasteiger partial charge in [0, 0.05) is 44.8 Å². The summed E-state index contributed by atoms with van der Waals surface area (Å²) in [5.74, 6) is -0.0243. The van der Waals surface area contributed by atoms with E-state index in [1.807, 2.05) is 35.2 Å². The number of piperazine rings is 1. The predicted molar refractivity (Wildman–Crippen MR) is 76.4 cm³/mol. The van der Waals surface area contributed by atoms with Gasteiger partial charge in [-0.3, -0.25) is 9.59 Å². The molecule has 20 heavy (non-hydrogen) atoms. The molecule has 0 spiro atoms. The van der Waals surface area contributed by atoms with E-state index in [2.05, 4.69) is 5.32 Å². The highest BCUT2D eigenvalue weighted by Gasteiger charge is 2.37. The van der Waals surface area contributed by atoms with Crippen LogP contribution in [0.15, 0.2) is 30.3 Å². The molecule has 1 N–H and O–H groups in total. The molecule has 3 rings (SSSR count). The minimum Gasteiger partial charge on any atom is -0.340 e. The van der Waals surface area contributed by atoms with Gasteiger partial charge in [-0.05, 0) is 12.1 Å². The lowest BCUT2D eigenvalue weighted by Gasteiger charge is -2.29. The number of hydrogen-bond donors (Lipinski definition) is 1. The van der Waals surface area contributed by atoms with E-state index >= 15 is 0 Å². The largest absolute Gasteiger partial charge is 0.340 e. The number of rotatable bonds is 2. The lowest BCUT2D eigenvalue weighted by molar-refractivity contribution is -0.136. The van der Waals surface area contributed by atoms with Crippen LogP contribution in [0, 0.1) is 5.92 Å². The Hall–Kier alpha value is -1.88. The fraction of sp³-hybridized carbons (Fsp3) is 0.467. The van der Waals surface area contributed by atoms with Crippen LogP contribution < -0.4 is 10.2 Å². The first-order valence-electron chi connectivity index (χ1n) is 7.10. The number of para-hydroxylation sites is 1. The van der Waals surface area contributed by atoms with E-state index in [9.17, 15) is 9.59 Å². The Labute approximate surface area is 118 Å². The van der Waals surface area contributed by atoms with Crippen LogP contribution >= 0.6 is 0 Å². The fourth-order valence-electron chi connectivity index (χ4n) is 2.87. The number of hydrogen-bond acceptors (Lipinski definition) is 3. The summed E-state index contributed by atoms with van der Waals surface area (Å²) < 4.78 is 0. The standard InChI is InChI=1S/C15H19N3O2/c19-14-10-12(15(20)17-8-6-16-7-9-17)11-18(14)13-4-2-1-3-5-13/h1-5,12,16H,6-11H2. The van der Waals surface area contributed by atoms with Crippen LogP contribution in [-0.4, -0.2) is 49.4 Å². The number of nitrogens with one attached hydrogen (secondary N) is 1. The van der Waals surface area contributed by atoms with Gasteiger partial charge in [0.25, 0.3) is 0 Å². The molecule has 0 aliphatic carbocycles. The zero-order valence-corrected chi connectivity index (χ0v) is 11.4. The van der Waals surface area contributed by atoms with Crippen molar-refractivity contribution in [1.29, 1.82) is 0 Å². The molecule has 2 fully saturated rings. The van der Waals surface area contributed by atoms with Crippen molar-refractivity contribution in [3.8, 4) is 0 Å². The van der Waals surface area contributed by atoms with Crippen molar-refractivity contribution >= 4 is 17.5 Å². The lowest BCUT2D eigenvalue weighted by Crippen LogP contribution is -2.48. The van der Waals surface area contributed by atoms with Crippen LogP contribution in [0.1, 0.15) is 6.42 Å². The van der Waals surface area contributed by atoms with E-state index in [0.29, 0.717) is 13.0 Å². The summed E-state index contributed by atoms with van der Waals surface area (Å²) in [5.41, 5.74) is 0.883. The summed E-state index contributed by atoms with van der Waals surface area (Å²) in [5, 5.41) is 3.23. The van der Waals surface area contributed by atoms with Crippen LogP contribution in [0.25, 0.3) is 0 Å². The van der Waals surface area contributed by atoms with Crippen LogP contribution in [0.2, 0.25) is 0 Å². The van der Waals surface area contributed by atoms with Crippen molar-refractivity contribution in [3.05, 3.63) is 30.3 Å². The van der Waals surface area contributed by atoms with Gasteiger partial charge in [-0.1, -0.05) is 18.2 Å². The number of anilines is 1. The number of benzene rings is 1. The Morgan fingerprint density at radius 2 is 1.85 bits per heavy atom. The van der Waals surface area contributed by atoms with E-state index in [1.54, 1.807) is 4.90 Å². The second kappa shape index (κ2) is 5.63. The topological polar surface area (TPSA) is 52.7 Å². The number of nitrogens with zero attached hydrogens (tertiary/aromatic N) is 2. The summed E-state index contributed by atoms with van der Waals surface area (Å²) >= 11 is 0. The number of amides is 2. The summed E-state index contributed by atoms with van der Waals surface area (Å²) in [7, 11) is 0. The Bertz CT molecular complexity index is 497. The van der Waals surface area contributed by atoms with Gasteiger partial charge in [-0.2, -0.15) is 0 Å². The first-order valence-corrected chi connectivity index (χ1v) is 7.10. The van der Waals surface area contributed by atoms with Gasteiger partial charge in [0.05, 0.1) is 5.92 Å². The van der Waals surface area contributed by atoms with E-state index < -0.39 is 0 Å². The molecule has 0 bridgehead atoms. The molecule has 5 nitrogen and oxygen atoms in total. The highest BCUT2D eigenvalue weighted by atomic mass is 16.2. The van der Waals surface area contributed by atoms with E-state index in [1.165, 1.54) is 0 Å². The summed E-state index contributed by atoms with van der Waals surface area (Å²) in [6.07, 6.45) is 0.331. The predicted octanol–water partition coefficient (Wildman–Crippen LogP) is 0.471. The van der Waals surface area contributed by atoms with Crippen molar-refractivity contribution in [2.24, 2.45) is 5.92 Å². The van der Waals surface area contributed by atoms with Gasteiger partial charge in [-0.15, -0.1) is 0 Å². The van der Waals surface area contributed by atoms with Gasteiger partial charge in [0.2, 0.25) is 11.8 Å². The van der Waals surface area contributed by atoms with Crippen molar-refractivity contribution in [2.75, 3.05) is 37.6 Å². The normalized spacial score (nSPS) is 23.2. The summed E-state index contributed by atoms with van der Waals surface area (Å²) in [4.78, 5) is 28.2. The SMILES string of the molecule is O=C(C1CC(=O)N(c2ccccc2)C1)N1CCNCC1. The Morgan fingerprint density at radius 1 is 1.15 bits per heavy atom. The highest BCUT2D eigenvalue weighted by Crippen LogP contribution is 2.26. The number of carbonyl (C=O) groups is 2. The van der Waals surface area contributed by atoms with Crippen LogP contribution in [0.3, 0.4) is 0 Å². The van der Waals surface area contributed by atoms with Gasteiger partial charge in [0.1, 0.15) is 0 Å². The van der Waals surface area contributed by atoms with E-state index in [4.69, 9.17) is 0 Å². The van der Waals surface area contributed by atoms with Gasteiger partial charge >= 0.3 is 0 Å². The average Bonchev–Trinajstić information content (AvgIpc) is 2.90. The zero-order chi connectivity index (χ0) is 13.9. The smallest absolute Gasteiger partial charge is 0.228 e. The third kappa shape index (κ3) is 2.54. The van der Waals surface area contributed by atoms with Crippen LogP contribution in [0.5, 0.6) is 0 Å². The van der Waals surface area contributed by atoms with Crippen molar-refractivity contribution in [3.63, 3.8) is 0 Å². The summed E-state index contributed by atoms with van der Waals surface area (Å²) in [6.45, 7) is 3.68. The molecule has 0 aromatic heterocycles. The Morgan fingerprint density at radius 3 is 2.55 bits per heavy atom. The molecular formula is C15H19N3O2. The quantitative estimate of drug-likeness (QED) is 0.852.